The molecule has 1 atom stereocenters. The van der Waals surface area contributed by atoms with Crippen molar-refractivity contribution < 1.29 is 28.5 Å². The van der Waals surface area contributed by atoms with Gasteiger partial charge in [-0.3, -0.25) is 9.69 Å². The van der Waals surface area contributed by atoms with Gasteiger partial charge < -0.3 is 24.3 Å². The van der Waals surface area contributed by atoms with E-state index >= 15 is 0 Å². The molecule has 0 aliphatic carbocycles. The third-order valence-electron chi connectivity index (χ3n) is 5.34. The summed E-state index contributed by atoms with van der Waals surface area (Å²) in [5.41, 5.74) is 0.474. The molecule has 0 saturated carbocycles. The van der Waals surface area contributed by atoms with Gasteiger partial charge in [0.25, 0.3) is 5.91 Å². The predicted octanol–water partition coefficient (Wildman–Crippen LogP) is 2.89. The largest absolute Gasteiger partial charge is 0.486 e. The number of hydrogen-bond acceptors (Lipinski definition) is 6. The maximum atomic E-state index is 13.2. The van der Waals surface area contributed by atoms with E-state index in [-0.39, 0.29) is 19.2 Å². The van der Waals surface area contributed by atoms with Crippen molar-refractivity contribution in [3.05, 3.63) is 46.5 Å². The first-order valence-corrected chi connectivity index (χ1v) is 9.91. The fraction of sp³-hybridized carbons (Fsp3) is 0.333. The van der Waals surface area contributed by atoms with E-state index < -0.39 is 11.6 Å². The lowest BCUT2D eigenvalue weighted by Crippen LogP contribution is -2.45. The van der Waals surface area contributed by atoms with Crippen LogP contribution < -0.4 is 24.3 Å². The van der Waals surface area contributed by atoms with Gasteiger partial charge in [-0.05, 0) is 42.3 Å². The van der Waals surface area contributed by atoms with Crippen LogP contribution in [0.5, 0.6) is 23.0 Å². The first-order chi connectivity index (χ1) is 14.4. The molecular weight excluding hydrogens is 412 g/mol. The first kappa shape index (κ1) is 18.9. The number of fused-ring (bicyclic) bond motifs is 2. The minimum Gasteiger partial charge on any atom is -0.486 e. The molecule has 3 aliphatic heterocycles. The molecule has 0 bridgehead atoms. The van der Waals surface area contributed by atoms with Crippen molar-refractivity contribution in [3.63, 3.8) is 0 Å². The molecule has 1 saturated heterocycles. The van der Waals surface area contributed by atoms with E-state index in [1.165, 1.54) is 4.90 Å². The standard InChI is InChI=1S/C21H19ClN2O6/c1-21(9-12-2-3-15-16(7-12)30-11-29-15)19(25)24(20(26)23-21)10-13-6-14(22)18-17(8-13)27-4-5-28-18/h2-3,6-8H,4-5,9-11H2,1H3,(H,23,26)/t21-/m1/s1. The molecule has 0 radical (unpaired) electrons. The van der Waals surface area contributed by atoms with E-state index in [4.69, 9.17) is 30.5 Å². The Morgan fingerprint density at radius 2 is 1.77 bits per heavy atom. The monoisotopic (exact) mass is 430 g/mol. The number of hydrogen-bond donors (Lipinski definition) is 1. The Morgan fingerprint density at radius 1 is 1.00 bits per heavy atom. The molecule has 5 rings (SSSR count). The van der Waals surface area contributed by atoms with Gasteiger partial charge in [-0.25, -0.2) is 4.79 Å². The van der Waals surface area contributed by atoms with Crippen molar-refractivity contribution in [1.29, 1.82) is 0 Å². The summed E-state index contributed by atoms with van der Waals surface area (Å²) in [6.45, 7) is 2.82. The van der Waals surface area contributed by atoms with E-state index in [2.05, 4.69) is 5.32 Å². The average molecular weight is 431 g/mol. The van der Waals surface area contributed by atoms with E-state index in [0.717, 1.165) is 5.56 Å². The molecule has 1 fully saturated rings. The van der Waals surface area contributed by atoms with Gasteiger partial charge in [0.05, 0.1) is 11.6 Å². The van der Waals surface area contributed by atoms with Crippen LogP contribution in [-0.4, -0.2) is 42.4 Å². The number of ether oxygens (including phenoxy) is 4. The molecule has 3 heterocycles. The number of nitrogens with zero attached hydrogens (tertiary/aromatic N) is 1. The molecule has 0 aromatic heterocycles. The summed E-state index contributed by atoms with van der Waals surface area (Å²) in [5, 5.41) is 3.21. The number of nitrogens with one attached hydrogen (secondary N) is 1. The molecule has 3 aliphatic rings. The third-order valence-corrected chi connectivity index (χ3v) is 5.62. The Hall–Kier alpha value is -3.13. The summed E-state index contributed by atoms with van der Waals surface area (Å²) < 4.78 is 21.8. The minimum atomic E-state index is -1.07. The fourth-order valence-corrected chi connectivity index (χ4v) is 4.20. The maximum Gasteiger partial charge on any atom is 0.325 e. The van der Waals surface area contributed by atoms with Crippen LogP contribution in [0, 0.1) is 0 Å². The molecule has 3 amide bonds. The Bertz CT molecular complexity index is 1060. The first-order valence-electron chi connectivity index (χ1n) is 9.54. The molecule has 30 heavy (non-hydrogen) atoms. The smallest absolute Gasteiger partial charge is 0.325 e. The van der Waals surface area contributed by atoms with Crippen LogP contribution in [0.3, 0.4) is 0 Å². The molecule has 2 aromatic carbocycles. The van der Waals surface area contributed by atoms with Crippen LogP contribution in [-0.2, 0) is 17.8 Å². The van der Waals surface area contributed by atoms with Crippen molar-refractivity contribution in [1.82, 2.24) is 10.2 Å². The number of rotatable bonds is 4. The second kappa shape index (κ2) is 6.98. The number of benzene rings is 2. The maximum absolute atomic E-state index is 13.2. The average Bonchev–Trinajstić information content (AvgIpc) is 3.26. The van der Waals surface area contributed by atoms with Gasteiger partial charge >= 0.3 is 6.03 Å². The Labute approximate surface area is 177 Å². The normalized spacial score (nSPS) is 21.7. The van der Waals surface area contributed by atoms with Crippen LogP contribution in [0.15, 0.2) is 30.3 Å². The van der Waals surface area contributed by atoms with Gasteiger partial charge in [-0.15, -0.1) is 0 Å². The van der Waals surface area contributed by atoms with Crippen LogP contribution in [0.4, 0.5) is 4.79 Å². The van der Waals surface area contributed by atoms with Crippen molar-refractivity contribution >= 4 is 23.5 Å². The lowest BCUT2D eigenvalue weighted by Gasteiger charge is -2.23. The van der Waals surface area contributed by atoms with Crippen molar-refractivity contribution in [2.45, 2.75) is 25.4 Å². The Kier molecular flexibility index (Phi) is 4.39. The summed E-state index contributed by atoms with van der Waals surface area (Å²) in [4.78, 5) is 27.0. The Morgan fingerprint density at radius 3 is 2.63 bits per heavy atom. The van der Waals surface area contributed by atoms with E-state index in [1.54, 1.807) is 25.1 Å². The predicted molar refractivity (Wildman–Crippen MR) is 106 cm³/mol. The Balaban J connectivity index is 1.36. The highest BCUT2D eigenvalue weighted by Crippen LogP contribution is 2.39. The summed E-state index contributed by atoms with van der Waals surface area (Å²) in [6.07, 6.45) is 0.326. The van der Waals surface area contributed by atoms with Crippen molar-refractivity contribution in [3.8, 4) is 23.0 Å². The zero-order valence-electron chi connectivity index (χ0n) is 16.2. The van der Waals surface area contributed by atoms with Crippen LogP contribution in [0.25, 0.3) is 0 Å². The highest BCUT2D eigenvalue weighted by molar-refractivity contribution is 6.32. The van der Waals surface area contributed by atoms with Crippen molar-refractivity contribution in [2.24, 2.45) is 0 Å². The number of amides is 3. The topological polar surface area (TPSA) is 86.3 Å². The van der Waals surface area contributed by atoms with Gasteiger partial charge in [0, 0.05) is 6.42 Å². The molecule has 0 unspecified atom stereocenters. The summed E-state index contributed by atoms with van der Waals surface area (Å²) >= 11 is 6.28. The number of carbonyl (C=O) groups is 2. The summed E-state index contributed by atoms with van der Waals surface area (Å²) in [5.74, 6) is 1.99. The molecular formula is C21H19ClN2O6. The lowest BCUT2D eigenvalue weighted by atomic mass is 9.92. The zero-order chi connectivity index (χ0) is 20.9. The summed E-state index contributed by atoms with van der Waals surface area (Å²) in [6, 6.07) is 8.47. The van der Waals surface area contributed by atoms with E-state index in [1.807, 2.05) is 12.1 Å². The lowest BCUT2D eigenvalue weighted by molar-refractivity contribution is -0.131. The van der Waals surface area contributed by atoms with Gasteiger partial charge in [0.15, 0.2) is 23.0 Å². The van der Waals surface area contributed by atoms with Gasteiger partial charge in [-0.2, -0.15) is 0 Å². The van der Waals surface area contributed by atoms with Crippen LogP contribution in [0.2, 0.25) is 5.02 Å². The number of imide groups is 1. The van der Waals surface area contributed by atoms with E-state index in [0.29, 0.717) is 53.2 Å². The zero-order valence-corrected chi connectivity index (χ0v) is 17.0. The summed E-state index contributed by atoms with van der Waals surface area (Å²) in [7, 11) is 0. The van der Waals surface area contributed by atoms with Crippen LogP contribution >= 0.6 is 11.6 Å². The second-order valence-electron chi connectivity index (χ2n) is 7.62. The highest BCUT2D eigenvalue weighted by Gasteiger charge is 2.47. The molecule has 2 aromatic rings. The molecule has 1 N–H and O–H groups in total. The van der Waals surface area contributed by atoms with Gasteiger partial charge in [-0.1, -0.05) is 17.7 Å². The number of carbonyl (C=O) groups excluding carboxylic acids is 2. The van der Waals surface area contributed by atoms with Crippen LogP contribution in [0.1, 0.15) is 18.1 Å². The SMILES string of the molecule is C[C@]1(Cc2ccc3c(c2)OCO3)NC(=O)N(Cc2cc(Cl)c3c(c2)OCCO3)C1=O. The second-order valence-corrected chi connectivity index (χ2v) is 8.03. The fourth-order valence-electron chi connectivity index (χ4n) is 3.91. The third kappa shape index (κ3) is 3.17. The van der Waals surface area contributed by atoms with Gasteiger partial charge in [0.1, 0.15) is 18.8 Å². The highest BCUT2D eigenvalue weighted by atomic mass is 35.5. The molecule has 156 valence electrons. The van der Waals surface area contributed by atoms with Gasteiger partial charge in [0.2, 0.25) is 6.79 Å². The van der Waals surface area contributed by atoms with E-state index in [9.17, 15) is 9.59 Å². The molecule has 9 heteroatoms. The number of halogens is 1. The minimum absolute atomic E-state index is 0.0811. The quantitative estimate of drug-likeness (QED) is 0.750. The van der Waals surface area contributed by atoms with Crippen molar-refractivity contribution in [2.75, 3.05) is 20.0 Å². The molecule has 0 spiro atoms. The number of urea groups is 1. The molecule has 8 nitrogen and oxygen atoms in total.